The van der Waals surface area contributed by atoms with Gasteiger partial charge in [-0.25, -0.2) is 4.39 Å². The highest BCUT2D eigenvalue weighted by Gasteiger charge is 2.46. The molecule has 0 saturated heterocycles. The number of rotatable bonds is 0. The van der Waals surface area contributed by atoms with Gasteiger partial charge in [0.2, 0.25) is 5.91 Å². The summed E-state index contributed by atoms with van der Waals surface area (Å²) in [5.74, 6) is -0.530. The first-order chi connectivity index (χ1) is 7.74. The summed E-state index contributed by atoms with van der Waals surface area (Å²) in [7, 11) is 0. The van der Waals surface area contributed by atoms with Crippen molar-refractivity contribution in [1.29, 1.82) is 0 Å². The lowest BCUT2D eigenvalue weighted by atomic mass is 9.80. The molecule has 1 amide bonds. The summed E-state index contributed by atoms with van der Waals surface area (Å²) in [6.07, 6.45) is 3.77. The van der Waals surface area contributed by atoms with Crippen LogP contribution in [0.25, 0.3) is 0 Å². The maximum atomic E-state index is 13.5. The minimum Gasteiger partial charge on any atom is -0.322 e. The van der Waals surface area contributed by atoms with Gasteiger partial charge < -0.3 is 10.6 Å². The molecule has 2 N–H and O–H groups in total. The third-order valence-electron chi connectivity index (χ3n) is 3.21. The lowest BCUT2D eigenvalue weighted by Gasteiger charge is -2.27. The second kappa shape index (κ2) is 4.13. The van der Waals surface area contributed by atoms with E-state index in [0.717, 1.165) is 12.1 Å². The van der Waals surface area contributed by atoms with Crippen LogP contribution in [0.5, 0.6) is 0 Å². The first kappa shape index (κ1) is 12.1. The minimum atomic E-state index is -0.727. The first-order valence-electron chi connectivity index (χ1n) is 5.23. The van der Waals surface area contributed by atoms with Gasteiger partial charge in [-0.1, -0.05) is 24.3 Å². The van der Waals surface area contributed by atoms with E-state index in [1.165, 1.54) is 6.07 Å². The van der Waals surface area contributed by atoms with Crippen LogP contribution in [0.3, 0.4) is 0 Å². The molecule has 1 aromatic rings. The van der Waals surface area contributed by atoms with Crippen LogP contribution in [0.15, 0.2) is 30.4 Å². The van der Waals surface area contributed by atoms with Gasteiger partial charge in [0.1, 0.15) is 11.2 Å². The standard InChI is InChI=1S/C12H11FN2O.ClH/c13-9-4-1-3-8-10(9)15-11(16)12(8)5-2-6-14-7-12;/h1-5,14H,6-7H2,(H,15,16);1H/t12-;/m0./s1. The Morgan fingerprint density at radius 1 is 1.35 bits per heavy atom. The third-order valence-corrected chi connectivity index (χ3v) is 3.21. The number of carbonyl (C=O) groups is 1. The molecule has 2 aliphatic heterocycles. The van der Waals surface area contributed by atoms with Crippen molar-refractivity contribution in [2.45, 2.75) is 5.41 Å². The van der Waals surface area contributed by atoms with Crippen LogP contribution in [0, 0.1) is 5.82 Å². The molecule has 1 atom stereocenters. The largest absolute Gasteiger partial charge is 0.322 e. The van der Waals surface area contributed by atoms with Crippen LogP contribution in [-0.2, 0) is 10.2 Å². The molecule has 0 fully saturated rings. The highest BCUT2D eigenvalue weighted by molar-refractivity contribution is 6.08. The second-order valence-electron chi connectivity index (χ2n) is 4.12. The van der Waals surface area contributed by atoms with Crippen molar-refractivity contribution < 1.29 is 9.18 Å². The number of hydrogen-bond donors (Lipinski definition) is 2. The van der Waals surface area contributed by atoms with Gasteiger partial charge in [-0.3, -0.25) is 4.79 Å². The Morgan fingerprint density at radius 2 is 2.18 bits per heavy atom. The highest BCUT2D eigenvalue weighted by atomic mass is 35.5. The Bertz CT molecular complexity index is 503. The molecule has 2 heterocycles. The Kier molecular flexibility index (Phi) is 2.93. The van der Waals surface area contributed by atoms with Crippen LogP contribution in [0.1, 0.15) is 5.56 Å². The SMILES string of the molecule is Cl.O=C1Nc2c(F)cccc2[C@@]12C=CCNC2. The number of hydrogen-bond acceptors (Lipinski definition) is 2. The molecule has 0 saturated carbocycles. The molecular weight excluding hydrogens is 243 g/mol. The summed E-state index contributed by atoms with van der Waals surface area (Å²) in [5.41, 5.74) is 0.317. The van der Waals surface area contributed by atoms with E-state index in [2.05, 4.69) is 10.6 Å². The van der Waals surface area contributed by atoms with E-state index in [0.29, 0.717) is 12.2 Å². The van der Waals surface area contributed by atoms with E-state index in [1.54, 1.807) is 12.1 Å². The lowest BCUT2D eigenvalue weighted by molar-refractivity contribution is -0.119. The van der Waals surface area contributed by atoms with Crippen molar-refractivity contribution >= 4 is 24.0 Å². The molecule has 0 aromatic heterocycles. The summed E-state index contributed by atoms with van der Waals surface area (Å²) < 4.78 is 13.5. The fourth-order valence-electron chi connectivity index (χ4n) is 2.38. The quantitative estimate of drug-likeness (QED) is 0.691. The molecule has 0 unspecified atom stereocenters. The van der Waals surface area contributed by atoms with Crippen molar-refractivity contribution in [2.75, 3.05) is 18.4 Å². The van der Waals surface area contributed by atoms with Crippen molar-refractivity contribution in [1.82, 2.24) is 5.32 Å². The summed E-state index contributed by atoms with van der Waals surface area (Å²) in [4.78, 5) is 12.0. The van der Waals surface area contributed by atoms with Gasteiger partial charge in [0, 0.05) is 13.1 Å². The Morgan fingerprint density at radius 3 is 2.88 bits per heavy atom. The van der Waals surface area contributed by atoms with Gasteiger partial charge >= 0.3 is 0 Å². The third kappa shape index (κ3) is 1.56. The van der Waals surface area contributed by atoms with E-state index >= 15 is 0 Å². The fraction of sp³-hybridized carbons (Fsp3) is 0.250. The predicted molar refractivity (Wildman–Crippen MR) is 66.0 cm³/mol. The van der Waals surface area contributed by atoms with Crippen LogP contribution >= 0.6 is 12.4 Å². The van der Waals surface area contributed by atoms with Gasteiger partial charge in [0.05, 0.1) is 5.69 Å². The zero-order chi connectivity index (χ0) is 11.2. The number of halogens is 2. The van der Waals surface area contributed by atoms with Crippen LogP contribution in [0.2, 0.25) is 0 Å². The molecule has 3 nitrogen and oxygen atoms in total. The number of nitrogens with one attached hydrogen (secondary N) is 2. The first-order valence-corrected chi connectivity index (χ1v) is 5.23. The number of benzene rings is 1. The fourth-order valence-corrected chi connectivity index (χ4v) is 2.38. The van der Waals surface area contributed by atoms with E-state index in [9.17, 15) is 9.18 Å². The van der Waals surface area contributed by atoms with E-state index in [-0.39, 0.29) is 24.1 Å². The number of para-hydroxylation sites is 1. The average Bonchev–Trinajstić information content (AvgIpc) is 2.57. The Hall–Kier alpha value is -1.39. The van der Waals surface area contributed by atoms with Gasteiger partial charge in [-0.2, -0.15) is 0 Å². The monoisotopic (exact) mass is 254 g/mol. The summed E-state index contributed by atoms with van der Waals surface area (Å²) >= 11 is 0. The number of fused-ring (bicyclic) bond motifs is 2. The maximum Gasteiger partial charge on any atom is 0.240 e. The molecule has 0 bridgehead atoms. The Labute approximate surface area is 104 Å². The number of amides is 1. The molecule has 0 radical (unpaired) electrons. The van der Waals surface area contributed by atoms with Crippen molar-refractivity contribution in [3.05, 3.63) is 41.7 Å². The summed E-state index contributed by atoms with van der Waals surface area (Å²) in [6, 6.07) is 4.80. The molecule has 90 valence electrons. The molecular formula is C12H12ClFN2O. The van der Waals surface area contributed by atoms with Gasteiger partial charge in [-0.15, -0.1) is 12.4 Å². The molecule has 5 heteroatoms. The molecule has 0 aliphatic carbocycles. The number of anilines is 1. The minimum absolute atomic E-state index is 0. The summed E-state index contributed by atoms with van der Waals surface area (Å²) in [5, 5.41) is 5.76. The maximum absolute atomic E-state index is 13.5. The normalized spacial score (nSPS) is 25.4. The second-order valence-corrected chi connectivity index (χ2v) is 4.12. The molecule has 2 aliphatic rings. The predicted octanol–water partition coefficient (Wildman–Crippen LogP) is 1.60. The molecule has 1 aromatic carbocycles. The van der Waals surface area contributed by atoms with E-state index in [4.69, 9.17) is 0 Å². The van der Waals surface area contributed by atoms with Crippen molar-refractivity contribution in [2.24, 2.45) is 0 Å². The number of carbonyl (C=O) groups excluding carboxylic acids is 1. The molecule has 1 spiro atoms. The van der Waals surface area contributed by atoms with Crippen LogP contribution < -0.4 is 10.6 Å². The summed E-state index contributed by atoms with van der Waals surface area (Å²) in [6.45, 7) is 1.27. The van der Waals surface area contributed by atoms with E-state index in [1.807, 2.05) is 12.2 Å². The van der Waals surface area contributed by atoms with Gasteiger partial charge in [-0.05, 0) is 11.6 Å². The zero-order valence-corrected chi connectivity index (χ0v) is 9.81. The average molecular weight is 255 g/mol. The van der Waals surface area contributed by atoms with Crippen molar-refractivity contribution in [3.8, 4) is 0 Å². The van der Waals surface area contributed by atoms with Crippen LogP contribution in [-0.4, -0.2) is 19.0 Å². The highest BCUT2D eigenvalue weighted by Crippen LogP contribution is 2.40. The Balaban J connectivity index is 0.00000108. The molecule has 17 heavy (non-hydrogen) atoms. The van der Waals surface area contributed by atoms with Gasteiger partial charge in [0.15, 0.2) is 0 Å². The molecule has 3 rings (SSSR count). The lowest BCUT2D eigenvalue weighted by Crippen LogP contribution is -2.44. The topological polar surface area (TPSA) is 41.1 Å². The van der Waals surface area contributed by atoms with Crippen LogP contribution in [0.4, 0.5) is 10.1 Å². The van der Waals surface area contributed by atoms with E-state index < -0.39 is 5.41 Å². The van der Waals surface area contributed by atoms with Crippen molar-refractivity contribution in [3.63, 3.8) is 0 Å². The smallest absolute Gasteiger partial charge is 0.240 e. The zero-order valence-electron chi connectivity index (χ0n) is 9.00. The van der Waals surface area contributed by atoms with Gasteiger partial charge in [0.25, 0.3) is 0 Å².